The van der Waals surface area contributed by atoms with Gasteiger partial charge >= 0.3 is 5.97 Å². The average molecular weight is 528 g/mol. The molecule has 6 rings (SSSR count). The second-order valence-corrected chi connectivity index (χ2v) is 12.6. The molecule has 4 aliphatic rings. The third-order valence-electron chi connectivity index (χ3n) is 9.09. The maximum Gasteiger partial charge on any atom is 0.303 e. The first-order valence-corrected chi connectivity index (χ1v) is 14.9. The van der Waals surface area contributed by atoms with Gasteiger partial charge in [0, 0.05) is 39.6 Å². The average Bonchev–Trinajstić information content (AvgIpc) is 3.03. The number of aliphatic hydroxyl groups is 1. The highest BCUT2D eigenvalue weighted by atomic mass is 32.2. The lowest BCUT2D eigenvalue weighted by Gasteiger charge is -2.39. The highest BCUT2D eigenvalue weighted by Crippen LogP contribution is 2.55. The van der Waals surface area contributed by atoms with Gasteiger partial charge in [0.05, 0.1) is 6.10 Å². The third kappa shape index (κ3) is 4.34. The number of hydrogen-bond acceptors (Lipinski definition) is 4. The number of carboxylic acid groups (broad SMARTS) is 1. The van der Waals surface area contributed by atoms with E-state index in [1.54, 1.807) is 0 Å². The minimum atomic E-state index is -0.736. The minimum absolute atomic E-state index is 0.183. The molecule has 3 aliphatic heterocycles. The number of anilines is 1. The van der Waals surface area contributed by atoms with Crippen LogP contribution >= 0.6 is 11.8 Å². The minimum Gasteiger partial charge on any atom is -0.481 e. The van der Waals surface area contributed by atoms with Gasteiger partial charge in [-0.15, -0.1) is 0 Å². The van der Waals surface area contributed by atoms with E-state index < -0.39 is 12.1 Å². The first kappa shape index (κ1) is 25.5. The van der Waals surface area contributed by atoms with Crippen LogP contribution in [0.1, 0.15) is 69.9 Å². The maximum absolute atomic E-state index is 11.4. The number of para-hydroxylation sites is 1. The predicted octanol–water partition coefficient (Wildman–Crippen LogP) is 7.39. The lowest BCUT2D eigenvalue weighted by molar-refractivity contribution is -0.137. The van der Waals surface area contributed by atoms with Crippen molar-refractivity contribution in [3.05, 3.63) is 93.1 Å². The molecule has 0 amide bonds. The molecule has 3 atom stereocenters. The number of hydrogen-bond donors (Lipinski definition) is 2. The summed E-state index contributed by atoms with van der Waals surface area (Å²) in [6, 6.07) is 17.4. The Morgan fingerprint density at radius 1 is 1.11 bits per heavy atom. The number of carboxylic acids is 1. The monoisotopic (exact) mass is 527 g/mol. The SMILES string of the molecule is CC1CCN2C(=C1/C=C1/C3=C(CCc4ccccc4S3)CCC1O)C(C)(CCCC(=O)O)c1ccccc12. The lowest BCUT2D eigenvalue weighted by atomic mass is 9.73. The third-order valence-corrected chi connectivity index (χ3v) is 10.4. The number of allylic oxidation sites excluding steroid dienone is 4. The summed E-state index contributed by atoms with van der Waals surface area (Å²) >= 11 is 1.84. The zero-order valence-corrected chi connectivity index (χ0v) is 23.2. The van der Waals surface area contributed by atoms with Crippen LogP contribution in [0.2, 0.25) is 0 Å². The van der Waals surface area contributed by atoms with Crippen molar-refractivity contribution in [2.45, 2.75) is 81.6 Å². The van der Waals surface area contributed by atoms with Crippen LogP contribution in [0.3, 0.4) is 0 Å². The van der Waals surface area contributed by atoms with Crippen molar-refractivity contribution < 1.29 is 15.0 Å². The first-order chi connectivity index (χ1) is 18.4. The first-order valence-electron chi connectivity index (χ1n) is 14.1. The van der Waals surface area contributed by atoms with Crippen molar-refractivity contribution in [1.82, 2.24) is 0 Å². The largest absolute Gasteiger partial charge is 0.481 e. The van der Waals surface area contributed by atoms with Crippen LogP contribution in [0.25, 0.3) is 0 Å². The van der Waals surface area contributed by atoms with Crippen molar-refractivity contribution in [2.24, 2.45) is 5.92 Å². The molecule has 5 heteroatoms. The van der Waals surface area contributed by atoms with Crippen molar-refractivity contribution in [2.75, 3.05) is 11.4 Å². The molecule has 198 valence electrons. The van der Waals surface area contributed by atoms with Crippen LogP contribution in [0.15, 0.2) is 86.8 Å². The summed E-state index contributed by atoms with van der Waals surface area (Å²) < 4.78 is 0. The summed E-state index contributed by atoms with van der Waals surface area (Å²) in [6.45, 7) is 5.59. The topological polar surface area (TPSA) is 60.8 Å². The van der Waals surface area contributed by atoms with Gasteiger partial charge in [0.25, 0.3) is 0 Å². The van der Waals surface area contributed by atoms with Crippen LogP contribution in [0.4, 0.5) is 5.69 Å². The molecule has 0 aromatic heterocycles. The van der Waals surface area contributed by atoms with Gasteiger partial charge in [0.1, 0.15) is 0 Å². The Balaban J connectivity index is 1.49. The van der Waals surface area contributed by atoms with E-state index >= 15 is 0 Å². The Morgan fingerprint density at radius 3 is 2.74 bits per heavy atom. The fraction of sp³-hybridized carbons (Fsp3) is 0.424. The zero-order chi connectivity index (χ0) is 26.4. The number of fused-ring (bicyclic) bond motifs is 4. The van der Waals surface area contributed by atoms with E-state index in [0.29, 0.717) is 12.3 Å². The van der Waals surface area contributed by atoms with Crippen LogP contribution in [-0.4, -0.2) is 28.8 Å². The van der Waals surface area contributed by atoms with Gasteiger partial charge in [0.2, 0.25) is 0 Å². The van der Waals surface area contributed by atoms with Gasteiger partial charge in [-0.1, -0.05) is 66.7 Å². The van der Waals surface area contributed by atoms with Gasteiger partial charge in [-0.3, -0.25) is 4.79 Å². The second kappa shape index (κ2) is 10.1. The molecule has 2 aromatic carbocycles. The number of aryl methyl sites for hydroxylation is 1. The molecular formula is C33H37NO3S. The van der Waals surface area contributed by atoms with Crippen LogP contribution in [-0.2, 0) is 16.6 Å². The van der Waals surface area contributed by atoms with Gasteiger partial charge in [-0.2, -0.15) is 0 Å². The van der Waals surface area contributed by atoms with Gasteiger partial charge < -0.3 is 15.1 Å². The Morgan fingerprint density at radius 2 is 1.89 bits per heavy atom. The number of benzene rings is 2. The summed E-state index contributed by atoms with van der Waals surface area (Å²) in [5.74, 6) is -0.372. The second-order valence-electron chi connectivity index (χ2n) is 11.5. The smallest absolute Gasteiger partial charge is 0.303 e. The number of aliphatic hydroxyl groups excluding tert-OH is 1. The highest BCUT2D eigenvalue weighted by molar-refractivity contribution is 8.03. The van der Waals surface area contributed by atoms with E-state index in [-0.39, 0.29) is 11.8 Å². The molecule has 0 saturated carbocycles. The number of aliphatic carboxylic acids is 1. The fourth-order valence-electron chi connectivity index (χ4n) is 7.04. The molecule has 3 heterocycles. The summed E-state index contributed by atoms with van der Waals surface area (Å²) in [7, 11) is 0. The Labute approximate surface area is 230 Å². The van der Waals surface area contributed by atoms with Crippen LogP contribution in [0, 0.1) is 5.92 Å². The molecule has 2 aromatic rings. The molecule has 0 fully saturated rings. The molecule has 2 N–H and O–H groups in total. The predicted molar refractivity (Wildman–Crippen MR) is 154 cm³/mol. The number of nitrogens with zero attached hydrogens (tertiary/aromatic N) is 1. The molecule has 1 aliphatic carbocycles. The Bertz CT molecular complexity index is 1370. The van der Waals surface area contributed by atoms with Crippen molar-refractivity contribution in [3.63, 3.8) is 0 Å². The lowest BCUT2D eigenvalue weighted by Crippen LogP contribution is -2.36. The molecule has 3 unspecified atom stereocenters. The maximum atomic E-state index is 11.4. The molecular weight excluding hydrogens is 490 g/mol. The standard InChI is InChI=1S/C33H37NO3S/c1-21-17-19-34-27-10-5-4-9-26(27)33(2,18-7-12-30(36)37)32(34)24(21)20-25-28(35)16-15-23-14-13-22-8-3-6-11-29(22)38-31(23)25/h3-6,8-11,20-21,28,35H,7,12-19H2,1-2H3,(H,36,37)/b25-20+. The van der Waals surface area contributed by atoms with E-state index in [0.717, 1.165) is 50.6 Å². The summed E-state index contributed by atoms with van der Waals surface area (Å²) in [5.41, 5.74) is 8.88. The quantitative estimate of drug-likeness (QED) is 0.425. The van der Waals surface area contributed by atoms with E-state index in [9.17, 15) is 15.0 Å². The summed E-state index contributed by atoms with van der Waals surface area (Å²) in [4.78, 5) is 16.5. The van der Waals surface area contributed by atoms with E-state index in [2.05, 4.69) is 73.4 Å². The number of thioether (sulfide) groups is 1. The zero-order valence-electron chi connectivity index (χ0n) is 22.4. The molecule has 0 radical (unpaired) electrons. The number of rotatable bonds is 5. The molecule has 0 saturated heterocycles. The summed E-state index contributed by atoms with van der Waals surface area (Å²) in [5, 5.41) is 20.8. The van der Waals surface area contributed by atoms with E-state index in [4.69, 9.17) is 0 Å². The fourth-order valence-corrected chi connectivity index (χ4v) is 8.37. The highest BCUT2D eigenvalue weighted by Gasteiger charge is 2.46. The Hall–Kier alpha value is -2.76. The summed E-state index contributed by atoms with van der Waals surface area (Å²) in [6.07, 6.45) is 8.38. The molecule has 38 heavy (non-hydrogen) atoms. The normalized spacial score (nSPS) is 27.6. The van der Waals surface area contributed by atoms with E-state index in [1.165, 1.54) is 43.5 Å². The molecule has 0 spiro atoms. The van der Waals surface area contributed by atoms with E-state index in [1.807, 2.05) is 11.8 Å². The van der Waals surface area contributed by atoms with Crippen molar-refractivity contribution in [1.29, 1.82) is 0 Å². The molecule has 0 bridgehead atoms. The number of carbonyl (C=O) groups is 1. The van der Waals surface area contributed by atoms with Crippen LogP contribution in [0.5, 0.6) is 0 Å². The van der Waals surface area contributed by atoms with Crippen molar-refractivity contribution in [3.8, 4) is 0 Å². The van der Waals surface area contributed by atoms with Crippen LogP contribution < -0.4 is 4.90 Å². The van der Waals surface area contributed by atoms with Crippen molar-refractivity contribution >= 4 is 23.4 Å². The van der Waals surface area contributed by atoms with Gasteiger partial charge in [0.15, 0.2) is 0 Å². The Kier molecular flexibility index (Phi) is 6.77. The van der Waals surface area contributed by atoms with Gasteiger partial charge in [-0.25, -0.2) is 0 Å². The van der Waals surface area contributed by atoms with Gasteiger partial charge in [-0.05, 0) is 92.2 Å². The molecule has 4 nitrogen and oxygen atoms in total.